The van der Waals surface area contributed by atoms with Crippen molar-refractivity contribution < 1.29 is 4.42 Å². The van der Waals surface area contributed by atoms with Gasteiger partial charge in [0, 0.05) is 35.0 Å². The van der Waals surface area contributed by atoms with Crippen molar-refractivity contribution in [1.29, 1.82) is 0 Å². The van der Waals surface area contributed by atoms with Gasteiger partial charge in [-0.05, 0) is 38.1 Å². The number of nitrogens with zero attached hydrogens (tertiary/aromatic N) is 2. The van der Waals surface area contributed by atoms with Crippen LogP contribution >= 0.6 is 11.6 Å². The molecule has 3 rings (SSSR count). The summed E-state index contributed by atoms with van der Waals surface area (Å²) in [6, 6.07) is 7.79. The molecular weight excluding hydrogens is 286 g/mol. The van der Waals surface area contributed by atoms with Crippen molar-refractivity contribution in [2.75, 3.05) is 0 Å². The lowest BCUT2D eigenvalue weighted by atomic mass is 10.1. The van der Waals surface area contributed by atoms with E-state index in [4.69, 9.17) is 16.0 Å². The molecule has 0 spiro atoms. The molecule has 3 aromatic rings. The maximum atomic E-state index is 6.00. The highest BCUT2D eigenvalue weighted by atomic mass is 35.5. The predicted octanol–water partition coefficient (Wildman–Crippen LogP) is 4.29. The molecule has 0 aliphatic carbocycles. The van der Waals surface area contributed by atoms with Crippen molar-refractivity contribution in [2.45, 2.75) is 25.9 Å². The smallest absolute Gasteiger partial charge is 0.134 e. The molecular formula is C16H16ClN3O. The number of furan rings is 1. The molecule has 0 saturated heterocycles. The van der Waals surface area contributed by atoms with Gasteiger partial charge in [-0.15, -0.1) is 0 Å². The third-order valence-electron chi connectivity index (χ3n) is 3.45. The highest BCUT2D eigenvalue weighted by molar-refractivity contribution is 6.31. The Morgan fingerprint density at radius 1 is 1.14 bits per heavy atom. The fourth-order valence-electron chi connectivity index (χ4n) is 2.32. The lowest BCUT2D eigenvalue weighted by molar-refractivity contribution is 0.413. The summed E-state index contributed by atoms with van der Waals surface area (Å²) in [5.41, 5.74) is 1.75. The first kappa shape index (κ1) is 14.0. The number of hydrogen-bond acceptors (Lipinski definition) is 4. The average Bonchev–Trinajstić information content (AvgIpc) is 2.91. The molecule has 0 saturated carbocycles. The molecule has 0 aliphatic heterocycles. The van der Waals surface area contributed by atoms with E-state index >= 15 is 0 Å². The van der Waals surface area contributed by atoms with Crippen LogP contribution in [0.3, 0.4) is 0 Å². The summed E-state index contributed by atoms with van der Waals surface area (Å²) in [7, 11) is 0. The van der Waals surface area contributed by atoms with Crippen LogP contribution in [0.15, 0.2) is 47.3 Å². The summed E-state index contributed by atoms with van der Waals surface area (Å²) in [6.45, 7) is 4.12. The first-order valence-electron chi connectivity index (χ1n) is 6.84. The Balaban J connectivity index is 1.79. The largest absolute Gasteiger partial charge is 0.459 e. The highest BCUT2D eigenvalue weighted by Gasteiger charge is 2.16. The third-order valence-corrected chi connectivity index (χ3v) is 3.69. The van der Waals surface area contributed by atoms with E-state index in [1.807, 2.05) is 24.3 Å². The molecule has 4 nitrogen and oxygen atoms in total. The zero-order valence-corrected chi connectivity index (χ0v) is 12.6. The van der Waals surface area contributed by atoms with Crippen molar-refractivity contribution in [3.8, 4) is 0 Å². The van der Waals surface area contributed by atoms with Gasteiger partial charge in [0.15, 0.2) is 0 Å². The molecule has 0 amide bonds. The van der Waals surface area contributed by atoms with Gasteiger partial charge in [0.25, 0.3) is 0 Å². The Kier molecular flexibility index (Phi) is 3.90. The van der Waals surface area contributed by atoms with E-state index in [0.29, 0.717) is 5.02 Å². The molecule has 2 atom stereocenters. The molecule has 108 valence electrons. The monoisotopic (exact) mass is 301 g/mol. The maximum absolute atomic E-state index is 6.00. The predicted molar refractivity (Wildman–Crippen MR) is 83.2 cm³/mol. The molecule has 0 bridgehead atoms. The van der Waals surface area contributed by atoms with Crippen LogP contribution in [0.1, 0.15) is 37.4 Å². The SMILES string of the molecule is CC(NC(C)c1cc2cc(Cl)ccc2o1)c1cnccn1. The topological polar surface area (TPSA) is 51.0 Å². The van der Waals surface area contributed by atoms with Gasteiger partial charge in [0.05, 0.1) is 11.7 Å². The van der Waals surface area contributed by atoms with Crippen molar-refractivity contribution in [2.24, 2.45) is 0 Å². The number of aromatic nitrogens is 2. The van der Waals surface area contributed by atoms with Gasteiger partial charge in [-0.2, -0.15) is 0 Å². The molecule has 2 unspecified atom stereocenters. The van der Waals surface area contributed by atoms with Crippen LogP contribution in [0, 0.1) is 0 Å². The minimum Gasteiger partial charge on any atom is -0.459 e. The molecule has 2 aromatic heterocycles. The fraction of sp³-hybridized carbons (Fsp3) is 0.250. The lowest BCUT2D eigenvalue weighted by Gasteiger charge is -2.17. The van der Waals surface area contributed by atoms with Crippen LogP contribution < -0.4 is 5.32 Å². The van der Waals surface area contributed by atoms with Crippen molar-refractivity contribution in [3.63, 3.8) is 0 Å². The second kappa shape index (κ2) is 5.84. The molecule has 5 heteroatoms. The van der Waals surface area contributed by atoms with Gasteiger partial charge < -0.3 is 4.42 Å². The Labute approximate surface area is 128 Å². The van der Waals surface area contributed by atoms with Crippen LogP contribution in [0.2, 0.25) is 5.02 Å². The summed E-state index contributed by atoms with van der Waals surface area (Å²) < 4.78 is 5.86. The number of hydrogen-bond donors (Lipinski definition) is 1. The summed E-state index contributed by atoms with van der Waals surface area (Å²) in [5.74, 6) is 0.878. The van der Waals surface area contributed by atoms with E-state index in [-0.39, 0.29) is 12.1 Å². The summed E-state index contributed by atoms with van der Waals surface area (Å²) in [6.07, 6.45) is 5.13. The van der Waals surface area contributed by atoms with E-state index in [2.05, 4.69) is 29.1 Å². The van der Waals surface area contributed by atoms with E-state index in [0.717, 1.165) is 22.4 Å². The minimum atomic E-state index is 0.0631. The maximum Gasteiger partial charge on any atom is 0.134 e. The standard InChI is InChI=1S/C16H16ClN3O/c1-10(14-9-18-5-6-19-14)20-11(2)16-8-12-7-13(17)3-4-15(12)21-16/h3-11,20H,1-2H3. The molecule has 0 fully saturated rings. The molecule has 1 aromatic carbocycles. The normalized spacial score (nSPS) is 14.2. The summed E-state index contributed by atoms with van der Waals surface area (Å²) in [5, 5.41) is 5.18. The number of benzene rings is 1. The third kappa shape index (κ3) is 3.06. The fourth-order valence-corrected chi connectivity index (χ4v) is 2.51. The van der Waals surface area contributed by atoms with Crippen LogP contribution in [-0.2, 0) is 0 Å². The zero-order chi connectivity index (χ0) is 14.8. The Morgan fingerprint density at radius 2 is 2.00 bits per heavy atom. The van der Waals surface area contributed by atoms with Gasteiger partial charge >= 0.3 is 0 Å². The molecule has 0 radical (unpaired) electrons. The second-order valence-corrected chi connectivity index (χ2v) is 5.51. The Bertz CT molecular complexity index is 742. The van der Waals surface area contributed by atoms with Gasteiger partial charge in [-0.3, -0.25) is 15.3 Å². The van der Waals surface area contributed by atoms with Crippen LogP contribution in [0.4, 0.5) is 0 Å². The number of halogens is 1. The van der Waals surface area contributed by atoms with E-state index < -0.39 is 0 Å². The van der Waals surface area contributed by atoms with Gasteiger partial charge in [0.2, 0.25) is 0 Å². The lowest BCUT2D eigenvalue weighted by Crippen LogP contribution is -2.22. The summed E-state index contributed by atoms with van der Waals surface area (Å²) in [4.78, 5) is 8.40. The second-order valence-electron chi connectivity index (χ2n) is 5.07. The minimum absolute atomic E-state index is 0.0631. The Morgan fingerprint density at radius 3 is 2.76 bits per heavy atom. The average molecular weight is 302 g/mol. The Hall–Kier alpha value is -1.91. The quantitative estimate of drug-likeness (QED) is 0.781. The van der Waals surface area contributed by atoms with Gasteiger partial charge in [-0.1, -0.05) is 11.6 Å². The number of rotatable bonds is 4. The molecule has 1 N–H and O–H groups in total. The van der Waals surface area contributed by atoms with Crippen LogP contribution in [0.25, 0.3) is 11.0 Å². The zero-order valence-electron chi connectivity index (χ0n) is 11.9. The highest BCUT2D eigenvalue weighted by Crippen LogP contribution is 2.27. The van der Waals surface area contributed by atoms with Crippen molar-refractivity contribution in [3.05, 3.63) is 59.3 Å². The molecule has 21 heavy (non-hydrogen) atoms. The van der Waals surface area contributed by atoms with E-state index in [9.17, 15) is 0 Å². The van der Waals surface area contributed by atoms with Crippen LogP contribution in [0.5, 0.6) is 0 Å². The van der Waals surface area contributed by atoms with Crippen LogP contribution in [-0.4, -0.2) is 9.97 Å². The summed E-state index contributed by atoms with van der Waals surface area (Å²) >= 11 is 6.00. The molecule has 0 aliphatic rings. The van der Waals surface area contributed by atoms with E-state index in [1.54, 1.807) is 18.6 Å². The first-order valence-corrected chi connectivity index (χ1v) is 7.22. The van der Waals surface area contributed by atoms with Gasteiger partial charge in [0.1, 0.15) is 11.3 Å². The number of fused-ring (bicyclic) bond motifs is 1. The number of nitrogens with one attached hydrogen (secondary N) is 1. The van der Waals surface area contributed by atoms with Crippen molar-refractivity contribution in [1.82, 2.24) is 15.3 Å². The first-order chi connectivity index (χ1) is 10.1. The van der Waals surface area contributed by atoms with E-state index in [1.165, 1.54) is 0 Å². The molecule has 2 heterocycles. The van der Waals surface area contributed by atoms with Gasteiger partial charge in [-0.25, -0.2) is 0 Å². The van der Waals surface area contributed by atoms with Crippen molar-refractivity contribution >= 4 is 22.6 Å².